The van der Waals surface area contributed by atoms with Gasteiger partial charge >= 0.3 is 0 Å². The quantitative estimate of drug-likeness (QED) is 0.645. The molecule has 2 aliphatic rings. The first-order chi connectivity index (χ1) is 16.3. The van der Waals surface area contributed by atoms with Crippen LogP contribution in [0.5, 0.6) is 5.75 Å². The summed E-state index contributed by atoms with van der Waals surface area (Å²) in [7, 11) is 1.62. The number of aromatic nitrogens is 1. The van der Waals surface area contributed by atoms with Crippen LogP contribution in [0.4, 0.5) is 5.82 Å². The summed E-state index contributed by atoms with van der Waals surface area (Å²) < 4.78 is 5.37. The predicted octanol–water partition coefficient (Wildman–Crippen LogP) is 4.10. The first kappa shape index (κ1) is 24.0. The highest BCUT2D eigenvalue weighted by Crippen LogP contribution is 2.38. The average Bonchev–Trinajstić information content (AvgIpc) is 3.09. The van der Waals surface area contributed by atoms with E-state index in [1.54, 1.807) is 13.3 Å². The molecule has 182 valence electrons. The lowest BCUT2D eigenvalue weighted by molar-refractivity contribution is 0.0920. The van der Waals surface area contributed by atoms with E-state index in [4.69, 9.17) is 4.74 Å². The lowest BCUT2D eigenvalue weighted by Gasteiger charge is -2.40. The maximum Gasteiger partial charge on any atom is 0.253 e. The second-order valence-corrected chi connectivity index (χ2v) is 9.98. The van der Waals surface area contributed by atoms with Crippen molar-refractivity contribution in [2.75, 3.05) is 12.0 Å². The SMILES string of the molecule is COc1cccc(C(=O)N[C@H]2C[C@H]3CC[C@@H](C2)N3c2ccc(C(=O)N[C@H](C)C(C)C)cn2)c1C. The van der Waals surface area contributed by atoms with Crippen molar-refractivity contribution in [1.29, 1.82) is 0 Å². The number of methoxy groups -OCH3 is 1. The molecule has 0 unspecified atom stereocenters. The minimum absolute atomic E-state index is 0.0432. The van der Waals surface area contributed by atoms with Crippen LogP contribution in [0, 0.1) is 12.8 Å². The fraction of sp³-hybridized carbons (Fsp3) is 0.519. The molecule has 2 aromatic rings. The molecule has 1 aromatic heterocycles. The number of nitrogens with one attached hydrogen (secondary N) is 2. The minimum atomic E-state index is -0.0857. The smallest absolute Gasteiger partial charge is 0.253 e. The van der Waals surface area contributed by atoms with Gasteiger partial charge in [0.1, 0.15) is 11.6 Å². The molecule has 0 aliphatic carbocycles. The normalized spacial score (nSPS) is 22.4. The maximum atomic E-state index is 13.0. The van der Waals surface area contributed by atoms with Crippen molar-refractivity contribution < 1.29 is 14.3 Å². The number of amides is 2. The van der Waals surface area contributed by atoms with Crippen LogP contribution in [-0.2, 0) is 0 Å². The number of fused-ring (bicyclic) bond motifs is 2. The predicted molar refractivity (Wildman–Crippen MR) is 134 cm³/mol. The zero-order valence-corrected chi connectivity index (χ0v) is 20.8. The van der Waals surface area contributed by atoms with E-state index in [0.29, 0.717) is 29.1 Å². The Kier molecular flexibility index (Phi) is 7.10. The molecule has 4 rings (SSSR count). The van der Waals surface area contributed by atoms with Crippen LogP contribution in [0.25, 0.3) is 0 Å². The van der Waals surface area contributed by atoms with E-state index >= 15 is 0 Å². The summed E-state index contributed by atoms with van der Waals surface area (Å²) in [6.45, 7) is 8.11. The summed E-state index contributed by atoms with van der Waals surface area (Å²) in [5.41, 5.74) is 2.11. The Morgan fingerprint density at radius 1 is 1.06 bits per heavy atom. The summed E-state index contributed by atoms with van der Waals surface area (Å²) in [6.07, 6.45) is 5.63. The summed E-state index contributed by atoms with van der Waals surface area (Å²) in [6, 6.07) is 10.3. The largest absolute Gasteiger partial charge is 0.496 e. The summed E-state index contributed by atoms with van der Waals surface area (Å²) >= 11 is 0. The zero-order chi connectivity index (χ0) is 24.4. The van der Waals surface area contributed by atoms with Gasteiger partial charge in [-0.1, -0.05) is 19.9 Å². The number of nitrogens with zero attached hydrogens (tertiary/aromatic N) is 2. The Labute approximate surface area is 202 Å². The molecule has 0 spiro atoms. The van der Waals surface area contributed by atoms with E-state index in [1.165, 1.54) is 0 Å². The van der Waals surface area contributed by atoms with E-state index in [9.17, 15) is 9.59 Å². The molecule has 2 N–H and O–H groups in total. The molecular weight excluding hydrogens is 428 g/mol. The Bertz CT molecular complexity index is 1020. The molecule has 2 aliphatic heterocycles. The van der Waals surface area contributed by atoms with E-state index in [0.717, 1.165) is 42.8 Å². The average molecular weight is 465 g/mol. The van der Waals surface area contributed by atoms with Crippen molar-refractivity contribution in [2.24, 2.45) is 5.92 Å². The third kappa shape index (κ3) is 4.88. The number of carbonyl (C=O) groups excluding carboxylic acids is 2. The number of piperidine rings is 1. The van der Waals surface area contributed by atoms with Crippen LogP contribution in [0.15, 0.2) is 36.5 Å². The van der Waals surface area contributed by atoms with Crippen molar-refractivity contribution in [3.8, 4) is 5.75 Å². The molecule has 7 heteroatoms. The Hall–Kier alpha value is -3.09. The highest BCUT2D eigenvalue weighted by Gasteiger charge is 2.42. The molecule has 0 radical (unpaired) electrons. The first-order valence-electron chi connectivity index (χ1n) is 12.3. The van der Waals surface area contributed by atoms with Crippen molar-refractivity contribution in [2.45, 2.75) is 77.5 Å². The Morgan fingerprint density at radius 3 is 2.35 bits per heavy atom. The minimum Gasteiger partial charge on any atom is -0.496 e. The molecule has 2 bridgehead atoms. The summed E-state index contributed by atoms with van der Waals surface area (Å²) in [4.78, 5) is 32.5. The van der Waals surface area contributed by atoms with Crippen LogP contribution in [-0.4, -0.2) is 48.1 Å². The standard InChI is InChI=1S/C27H36N4O3/c1-16(2)18(4)29-26(32)19-9-12-25(28-15-19)31-21-10-11-22(31)14-20(13-21)30-27(33)23-7-6-8-24(34-5)17(23)3/h6-9,12,15-16,18,20-22H,10-11,13-14H2,1-5H3,(H,29,32)(H,30,33)/t18-,20-,21+,22-/m1/s1. The fourth-order valence-corrected chi connectivity index (χ4v) is 5.14. The Balaban J connectivity index is 1.40. The van der Waals surface area contributed by atoms with Gasteiger partial charge in [0, 0.05) is 41.5 Å². The number of carbonyl (C=O) groups is 2. The molecule has 4 atom stereocenters. The molecule has 0 saturated carbocycles. The van der Waals surface area contributed by atoms with Crippen LogP contribution < -0.4 is 20.3 Å². The second-order valence-electron chi connectivity index (χ2n) is 9.98. The van der Waals surface area contributed by atoms with Crippen LogP contribution in [0.2, 0.25) is 0 Å². The van der Waals surface area contributed by atoms with Crippen molar-refractivity contribution in [1.82, 2.24) is 15.6 Å². The van der Waals surface area contributed by atoms with E-state index < -0.39 is 0 Å². The molecule has 34 heavy (non-hydrogen) atoms. The van der Waals surface area contributed by atoms with Gasteiger partial charge in [-0.05, 0) is 69.7 Å². The van der Waals surface area contributed by atoms with Gasteiger partial charge in [-0.25, -0.2) is 4.98 Å². The number of benzene rings is 1. The van der Waals surface area contributed by atoms with E-state index in [-0.39, 0.29) is 23.9 Å². The number of anilines is 1. The van der Waals surface area contributed by atoms with E-state index in [2.05, 4.69) is 34.4 Å². The number of ether oxygens (including phenoxy) is 1. The van der Waals surface area contributed by atoms with Crippen molar-refractivity contribution >= 4 is 17.6 Å². The molecule has 7 nitrogen and oxygen atoms in total. The van der Waals surface area contributed by atoms with Gasteiger partial charge in [-0.3, -0.25) is 9.59 Å². The van der Waals surface area contributed by atoms with Crippen molar-refractivity contribution in [3.05, 3.63) is 53.2 Å². The van der Waals surface area contributed by atoms with Crippen LogP contribution in [0.1, 0.15) is 72.7 Å². The van der Waals surface area contributed by atoms with Gasteiger partial charge in [0.05, 0.1) is 12.7 Å². The van der Waals surface area contributed by atoms with E-state index in [1.807, 2.05) is 44.2 Å². The third-order valence-corrected chi connectivity index (χ3v) is 7.45. The van der Waals surface area contributed by atoms with Crippen LogP contribution >= 0.6 is 0 Å². The lowest BCUT2D eigenvalue weighted by atomic mass is 9.96. The van der Waals surface area contributed by atoms with Gasteiger partial charge in [-0.15, -0.1) is 0 Å². The summed E-state index contributed by atoms with van der Waals surface area (Å²) in [5, 5.41) is 6.29. The maximum absolute atomic E-state index is 13.0. The number of hydrogen-bond donors (Lipinski definition) is 2. The Morgan fingerprint density at radius 2 is 1.76 bits per heavy atom. The third-order valence-electron chi connectivity index (χ3n) is 7.45. The molecule has 2 saturated heterocycles. The summed E-state index contributed by atoms with van der Waals surface area (Å²) in [5.74, 6) is 1.89. The monoisotopic (exact) mass is 464 g/mol. The molecule has 2 amide bonds. The van der Waals surface area contributed by atoms with Gasteiger partial charge in [-0.2, -0.15) is 0 Å². The molecule has 1 aromatic carbocycles. The van der Waals surface area contributed by atoms with Gasteiger partial charge < -0.3 is 20.3 Å². The molecular formula is C27H36N4O3. The van der Waals surface area contributed by atoms with Gasteiger partial charge in [0.25, 0.3) is 11.8 Å². The number of hydrogen-bond acceptors (Lipinski definition) is 5. The highest BCUT2D eigenvalue weighted by atomic mass is 16.5. The van der Waals surface area contributed by atoms with Gasteiger partial charge in [0.2, 0.25) is 0 Å². The number of pyridine rings is 1. The molecule has 3 heterocycles. The number of rotatable bonds is 7. The van der Waals surface area contributed by atoms with Gasteiger partial charge in [0.15, 0.2) is 0 Å². The highest BCUT2D eigenvalue weighted by molar-refractivity contribution is 5.96. The lowest BCUT2D eigenvalue weighted by Crippen LogP contribution is -2.50. The topological polar surface area (TPSA) is 83.6 Å². The van der Waals surface area contributed by atoms with Crippen molar-refractivity contribution in [3.63, 3.8) is 0 Å². The first-order valence-corrected chi connectivity index (χ1v) is 12.3. The molecule has 2 fully saturated rings. The van der Waals surface area contributed by atoms with Crippen LogP contribution in [0.3, 0.4) is 0 Å². The fourth-order valence-electron chi connectivity index (χ4n) is 5.14. The second kappa shape index (κ2) is 10.0. The zero-order valence-electron chi connectivity index (χ0n) is 20.8.